The van der Waals surface area contributed by atoms with E-state index in [1.165, 1.54) is 6.92 Å². The van der Waals surface area contributed by atoms with Crippen molar-refractivity contribution in [2.75, 3.05) is 0 Å². The van der Waals surface area contributed by atoms with Crippen molar-refractivity contribution in [3.8, 4) is 11.5 Å². The molecule has 0 radical (unpaired) electrons. The highest BCUT2D eigenvalue weighted by Gasteiger charge is 2.06. The van der Waals surface area contributed by atoms with Gasteiger partial charge in [0.1, 0.15) is 11.6 Å². The summed E-state index contributed by atoms with van der Waals surface area (Å²) in [5.74, 6) is 1.93. The van der Waals surface area contributed by atoms with Crippen LogP contribution in [0.3, 0.4) is 0 Å². The van der Waals surface area contributed by atoms with E-state index < -0.39 is 0 Å². The predicted octanol–water partition coefficient (Wildman–Crippen LogP) is 3.09. The van der Waals surface area contributed by atoms with Gasteiger partial charge in [-0.2, -0.15) is 0 Å². The van der Waals surface area contributed by atoms with Gasteiger partial charge < -0.3 is 4.74 Å². The van der Waals surface area contributed by atoms with Crippen molar-refractivity contribution in [3.05, 3.63) is 47.5 Å². The van der Waals surface area contributed by atoms with Crippen molar-refractivity contribution in [1.82, 2.24) is 9.97 Å². The summed E-state index contributed by atoms with van der Waals surface area (Å²) in [6.45, 7) is 5.21. The number of hydrogen-bond acceptors (Lipinski definition) is 4. The maximum Gasteiger partial charge on any atom is 0.166 e. The Bertz CT molecular complexity index is 594. The zero-order valence-corrected chi connectivity index (χ0v) is 10.6. The molecule has 2 rings (SSSR count). The molecule has 0 fully saturated rings. The molecule has 0 spiro atoms. The van der Waals surface area contributed by atoms with Gasteiger partial charge in [0.25, 0.3) is 0 Å². The zero-order chi connectivity index (χ0) is 13.1. The SMILES string of the molecule is CC(=O)c1cccc(Oc2cnc(C)nc2C)c1. The minimum absolute atomic E-state index is 0.0114. The fourth-order valence-electron chi connectivity index (χ4n) is 1.58. The molecule has 0 bridgehead atoms. The number of hydrogen-bond donors (Lipinski definition) is 0. The number of carbonyl (C=O) groups excluding carboxylic acids is 1. The second-order valence-electron chi connectivity index (χ2n) is 4.05. The average Bonchev–Trinajstić information content (AvgIpc) is 2.33. The molecule has 18 heavy (non-hydrogen) atoms. The van der Waals surface area contributed by atoms with E-state index in [1.807, 2.05) is 13.8 Å². The Morgan fingerprint density at radius 1 is 1.28 bits per heavy atom. The molecule has 0 unspecified atom stereocenters. The van der Waals surface area contributed by atoms with Crippen molar-refractivity contribution in [1.29, 1.82) is 0 Å². The van der Waals surface area contributed by atoms with Crippen molar-refractivity contribution in [3.63, 3.8) is 0 Å². The van der Waals surface area contributed by atoms with Crippen LogP contribution in [0.5, 0.6) is 11.5 Å². The Kier molecular flexibility index (Phi) is 3.37. The van der Waals surface area contributed by atoms with E-state index in [0.29, 0.717) is 22.9 Å². The summed E-state index contributed by atoms with van der Waals surface area (Å²) in [5.41, 5.74) is 1.40. The normalized spacial score (nSPS) is 10.2. The van der Waals surface area contributed by atoms with Crippen LogP contribution in [0.2, 0.25) is 0 Å². The van der Waals surface area contributed by atoms with Crippen LogP contribution in [-0.2, 0) is 0 Å². The lowest BCUT2D eigenvalue weighted by atomic mass is 10.1. The summed E-state index contributed by atoms with van der Waals surface area (Å²) >= 11 is 0. The first-order valence-electron chi connectivity index (χ1n) is 5.65. The number of Topliss-reactive ketones (excluding diaryl/α,β-unsaturated/α-hetero) is 1. The van der Waals surface area contributed by atoms with Gasteiger partial charge in [0.2, 0.25) is 0 Å². The maximum atomic E-state index is 11.3. The quantitative estimate of drug-likeness (QED) is 0.776. The number of aromatic nitrogens is 2. The summed E-state index contributed by atoms with van der Waals surface area (Å²) in [5, 5.41) is 0. The Morgan fingerprint density at radius 2 is 2.06 bits per heavy atom. The van der Waals surface area contributed by atoms with Gasteiger partial charge in [-0.15, -0.1) is 0 Å². The molecule has 0 saturated carbocycles. The number of rotatable bonds is 3. The van der Waals surface area contributed by atoms with E-state index in [-0.39, 0.29) is 5.78 Å². The lowest BCUT2D eigenvalue weighted by Crippen LogP contribution is -1.96. The molecule has 0 saturated heterocycles. The van der Waals surface area contributed by atoms with Crippen LogP contribution in [0.15, 0.2) is 30.5 Å². The summed E-state index contributed by atoms with van der Waals surface area (Å²) in [6, 6.07) is 7.05. The summed E-state index contributed by atoms with van der Waals surface area (Å²) in [7, 11) is 0. The topological polar surface area (TPSA) is 52.1 Å². The lowest BCUT2D eigenvalue weighted by molar-refractivity contribution is 0.101. The van der Waals surface area contributed by atoms with E-state index in [2.05, 4.69) is 9.97 Å². The Hall–Kier alpha value is -2.23. The monoisotopic (exact) mass is 242 g/mol. The van der Waals surface area contributed by atoms with E-state index in [4.69, 9.17) is 4.74 Å². The summed E-state index contributed by atoms with van der Waals surface area (Å²) < 4.78 is 5.68. The molecule has 2 aromatic rings. The average molecular weight is 242 g/mol. The van der Waals surface area contributed by atoms with Crippen molar-refractivity contribution in [2.24, 2.45) is 0 Å². The van der Waals surface area contributed by atoms with Gasteiger partial charge in [-0.1, -0.05) is 12.1 Å². The van der Waals surface area contributed by atoms with Crippen LogP contribution >= 0.6 is 0 Å². The number of nitrogens with zero attached hydrogens (tertiary/aromatic N) is 2. The van der Waals surface area contributed by atoms with Gasteiger partial charge in [0.05, 0.1) is 11.9 Å². The Balaban J connectivity index is 2.28. The zero-order valence-electron chi connectivity index (χ0n) is 10.6. The molecule has 4 heteroatoms. The number of ketones is 1. The van der Waals surface area contributed by atoms with Crippen LogP contribution < -0.4 is 4.74 Å². The van der Waals surface area contributed by atoms with Crippen LogP contribution in [0, 0.1) is 13.8 Å². The first kappa shape index (κ1) is 12.2. The molecular formula is C14H14N2O2. The highest BCUT2D eigenvalue weighted by atomic mass is 16.5. The van der Waals surface area contributed by atoms with Gasteiger partial charge in [0.15, 0.2) is 11.5 Å². The fraction of sp³-hybridized carbons (Fsp3) is 0.214. The third kappa shape index (κ3) is 2.71. The largest absolute Gasteiger partial charge is 0.454 e. The Morgan fingerprint density at radius 3 is 2.72 bits per heavy atom. The molecule has 4 nitrogen and oxygen atoms in total. The van der Waals surface area contributed by atoms with Gasteiger partial charge >= 0.3 is 0 Å². The second-order valence-corrected chi connectivity index (χ2v) is 4.05. The van der Waals surface area contributed by atoms with Gasteiger partial charge in [-0.3, -0.25) is 4.79 Å². The second kappa shape index (κ2) is 4.96. The first-order valence-corrected chi connectivity index (χ1v) is 5.65. The molecule has 0 N–H and O–H groups in total. The van der Waals surface area contributed by atoms with Crippen molar-refractivity contribution in [2.45, 2.75) is 20.8 Å². The smallest absolute Gasteiger partial charge is 0.166 e. The van der Waals surface area contributed by atoms with Crippen LogP contribution in [-0.4, -0.2) is 15.8 Å². The lowest BCUT2D eigenvalue weighted by Gasteiger charge is -2.08. The van der Waals surface area contributed by atoms with E-state index in [1.54, 1.807) is 30.5 Å². The molecule has 1 aromatic carbocycles. The van der Waals surface area contributed by atoms with E-state index >= 15 is 0 Å². The molecule has 0 amide bonds. The first-order chi connectivity index (χ1) is 8.56. The van der Waals surface area contributed by atoms with Gasteiger partial charge in [-0.05, 0) is 32.9 Å². The molecule has 0 aliphatic carbocycles. The maximum absolute atomic E-state index is 11.3. The van der Waals surface area contributed by atoms with Crippen molar-refractivity contribution < 1.29 is 9.53 Å². The minimum atomic E-state index is 0.0114. The third-order valence-electron chi connectivity index (χ3n) is 2.52. The van der Waals surface area contributed by atoms with Crippen LogP contribution in [0.4, 0.5) is 0 Å². The standard InChI is InChI=1S/C14H14N2O2/c1-9-14(8-15-11(3)16-9)18-13-6-4-5-12(7-13)10(2)17/h4-8H,1-3H3. The number of ether oxygens (including phenoxy) is 1. The molecule has 0 aliphatic rings. The summed E-state index contributed by atoms with van der Waals surface area (Å²) in [6.07, 6.45) is 1.64. The van der Waals surface area contributed by atoms with E-state index in [0.717, 1.165) is 5.69 Å². The molecule has 0 aliphatic heterocycles. The highest BCUT2D eigenvalue weighted by molar-refractivity contribution is 5.94. The number of benzene rings is 1. The fourth-order valence-corrected chi connectivity index (χ4v) is 1.58. The third-order valence-corrected chi connectivity index (χ3v) is 2.52. The molecule has 0 atom stereocenters. The highest BCUT2D eigenvalue weighted by Crippen LogP contribution is 2.23. The van der Waals surface area contributed by atoms with Crippen LogP contribution in [0.25, 0.3) is 0 Å². The van der Waals surface area contributed by atoms with Gasteiger partial charge in [-0.25, -0.2) is 9.97 Å². The molecular weight excluding hydrogens is 228 g/mol. The molecule has 1 aromatic heterocycles. The summed E-state index contributed by atoms with van der Waals surface area (Å²) in [4.78, 5) is 19.6. The predicted molar refractivity (Wildman–Crippen MR) is 68.0 cm³/mol. The minimum Gasteiger partial charge on any atom is -0.454 e. The van der Waals surface area contributed by atoms with Gasteiger partial charge in [0, 0.05) is 5.56 Å². The Labute approximate surface area is 106 Å². The van der Waals surface area contributed by atoms with Crippen molar-refractivity contribution >= 4 is 5.78 Å². The molecule has 92 valence electrons. The molecule has 1 heterocycles. The van der Waals surface area contributed by atoms with E-state index in [9.17, 15) is 4.79 Å². The number of aryl methyl sites for hydroxylation is 2. The number of carbonyl (C=O) groups is 1. The van der Waals surface area contributed by atoms with Crippen LogP contribution in [0.1, 0.15) is 28.8 Å².